The molecule has 0 saturated carbocycles. The second kappa shape index (κ2) is 19.6. The van der Waals surface area contributed by atoms with Crippen LogP contribution in [0.3, 0.4) is 0 Å². The highest BCUT2D eigenvalue weighted by Gasteiger charge is 2.54. The highest BCUT2D eigenvalue weighted by molar-refractivity contribution is 5.93. The highest BCUT2D eigenvalue weighted by Crippen LogP contribution is 2.38. The molecule has 64 heavy (non-hydrogen) atoms. The third-order valence-corrected chi connectivity index (χ3v) is 9.88. The maximum Gasteiger partial charge on any atom is 0.343 e. The van der Waals surface area contributed by atoms with Gasteiger partial charge in [-0.25, -0.2) is 28.8 Å². The van der Waals surface area contributed by atoms with Gasteiger partial charge >= 0.3 is 35.5 Å². The first-order valence-electron chi connectivity index (χ1n) is 19.9. The van der Waals surface area contributed by atoms with Crippen molar-refractivity contribution in [1.82, 2.24) is 0 Å². The van der Waals surface area contributed by atoms with Crippen molar-refractivity contribution in [1.29, 1.82) is 0 Å². The second-order valence-electron chi connectivity index (χ2n) is 14.2. The Morgan fingerprint density at radius 2 is 0.891 bits per heavy atom. The first-order valence-corrected chi connectivity index (χ1v) is 19.9. The molecule has 7 aromatic rings. The van der Waals surface area contributed by atoms with Gasteiger partial charge < -0.3 is 37.6 Å². The van der Waals surface area contributed by atoms with Crippen LogP contribution >= 0.6 is 0 Å². The fourth-order valence-electron chi connectivity index (χ4n) is 6.73. The molecule has 0 aliphatic carbocycles. The van der Waals surface area contributed by atoms with Crippen molar-refractivity contribution < 1.29 is 61.5 Å². The Labute approximate surface area is 364 Å². The molecule has 2 heterocycles. The Morgan fingerprint density at radius 1 is 0.453 bits per heavy atom. The van der Waals surface area contributed by atoms with Crippen LogP contribution in [0.15, 0.2) is 185 Å². The quantitative estimate of drug-likeness (QED) is 0.0477. The number of benzene rings is 6. The van der Waals surface area contributed by atoms with Gasteiger partial charge in [-0.2, -0.15) is 0 Å². The van der Waals surface area contributed by atoms with E-state index in [1.54, 1.807) is 91.0 Å². The summed E-state index contributed by atoms with van der Waals surface area (Å²) in [6.45, 7) is -0.613. The summed E-state index contributed by atoms with van der Waals surface area (Å²) in [6.07, 6.45) is -8.42. The molecule has 0 N–H and O–H groups in total. The average Bonchev–Trinajstić information content (AvgIpc) is 3.34. The number of esters is 5. The fourth-order valence-corrected chi connectivity index (χ4v) is 6.73. The van der Waals surface area contributed by atoms with Gasteiger partial charge in [-0.05, 0) is 72.8 Å². The lowest BCUT2D eigenvalue weighted by atomic mass is 9.97. The van der Waals surface area contributed by atoms with Crippen molar-refractivity contribution >= 4 is 40.8 Å². The Balaban J connectivity index is 1.25. The van der Waals surface area contributed by atoms with E-state index >= 15 is 0 Å². The van der Waals surface area contributed by atoms with Gasteiger partial charge in [0, 0.05) is 17.5 Å². The Bertz CT molecular complexity index is 2820. The van der Waals surface area contributed by atoms with E-state index in [4.69, 9.17) is 37.6 Å². The van der Waals surface area contributed by atoms with Gasteiger partial charge in [0.25, 0.3) is 0 Å². The average molecular weight is 861 g/mol. The molecule has 0 amide bonds. The van der Waals surface area contributed by atoms with E-state index in [0.29, 0.717) is 5.39 Å². The van der Waals surface area contributed by atoms with Crippen molar-refractivity contribution in [3.63, 3.8) is 0 Å². The number of rotatable bonds is 13. The number of carbonyl (C=O) groups excluding carboxylic acids is 5. The Hall–Kier alpha value is -8.36. The minimum absolute atomic E-state index is 0.0283. The topological polar surface area (TPSA) is 180 Å². The molecule has 320 valence electrons. The minimum Gasteiger partial charge on any atom is -0.459 e. The largest absolute Gasteiger partial charge is 0.459 e. The molecular weight excluding hydrogens is 825 g/mol. The molecule has 1 aliphatic heterocycles. The molecule has 1 saturated heterocycles. The van der Waals surface area contributed by atoms with Gasteiger partial charge in [0.15, 0.2) is 23.7 Å². The normalized spacial score (nSPS) is 17.9. The molecule has 0 radical (unpaired) electrons. The molecule has 1 aromatic heterocycles. The van der Waals surface area contributed by atoms with Gasteiger partial charge in [0.1, 0.15) is 18.3 Å². The van der Waals surface area contributed by atoms with Crippen LogP contribution < -0.4 is 15.1 Å². The molecule has 8 rings (SSSR count). The van der Waals surface area contributed by atoms with Gasteiger partial charge in [-0.1, -0.05) is 91.0 Å². The van der Waals surface area contributed by atoms with E-state index in [9.17, 15) is 28.8 Å². The van der Waals surface area contributed by atoms with E-state index in [-0.39, 0.29) is 44.9 Å². The van der Waals surface area contributed by atoms with Crippen LogP contribution in [0.4, 0.5) is 0 Å². The van der Waals surface area contributed by atoms with E-state index in [2.05, 4.69) is 0 Å². The van der Waals surface area contributed by atoms with Crippen molar-refractivity contribution in [2.24, 2.45) is 0 Å². The lowest BCUT2D eigenvalue weighted by Gasteiger charge is -2.44. The summed E-state index contributed by atoms with van der Waals surface area (Å²) in [4.78, 5) is 81.1. The summed E-state index contributed by atoms with van der Waals surface area (Å²) >= 11 is 0. The summed E-state index contributed by atoms with van der Waals surface area (Å²) in [5, 5.41) is 0.317. The lowest BCUT2D eigenvalue weighted by molar-refractivity contribution is -0.275. The van der Waals surface area contributed by atoms with Crippen LogP contribution in [0.25, 0.3) is 11.0 Å². The van der Waals surface area contributed by atoms with Crippen molar-refractivity contribution in [2.45, 2.75) is 30.7 Å². The number of hydrogen-bond acceptors (Lipinski definition) is 14. The van der Waals surface area contributed by atoms with E-state index in [0.717, 1.165) is 0 Å². The van der Waals surface area contributed by atoms with Crippen molar-refractivity contribution in [3.8, 4) is 11.5 Å². The summed E-state index contributed by atoms with van der Waals surface area (Å²) in [6, 6.07) is 45.1. The number of hydrogen-bond donors (Lipinski definition) is 0. The van der Waals surface area contributed by atoms with E-state index in [1.165, 1.54) is 84.9 Å². The lowest BCUT2D eigenvalue weighted by Crippen LogP contribution is -2.64. The molecule has 14 nitrogen and oxygen atoms in total. The van der Waals surface area contributed by atoms with Crippen molar-refractivity contribution in [3.05, 3.63) is 214 Å². The number of fused-ring (bicyclic) bond motifs is 1. The van der Waals surface area contributed by atoms with Crippen LogP contribution in [0, 0.1) is 0 Å². The number of ether oxygens (including phenoxy) is 7. The van der Waals surface area contributed by atoms with Gasteiger partial charge in [-0.3, -0.25) is 0 Å². The molecule has 0 bridgehead atoms. The van der Waals surface area contributed by atoms with E-state index in [1.807, 2.05) is 0 Å². The molecule has 0 spiro atoms. The Morgan fingerprint density at radius 3 is 1.39 bits per heavy atom. The van der Waals surface area contributed by atoms with Gasteiger partial charge in [0.05, 0.1) is 27.8 Å². The highest BCUT2D eigenvalue weighted by atomic mass is 16.7. The third-order valence-electron chi connectivity index (χ3n) is 9.88. The molecular formula is C50H36O14. The molecule has 6 aromatic carbocycles. The van der Waals surface area contributed by atoms with Crippen LogP contribution in [-0.2, 0) is 23.7 Å². The predicted octanol–water partition coefficient (Wildman–Crippen LogP) is 7.65. The van der Waals surface area contributed by atoms with Crippen LogP contribution in [0.1, 0.15) is 51.8 Å². The molecule has 1 fully saturated rings. The zero-order valence-corrected chi connectivity index (χ0v) is 33.6. The van der Waals surface area contributed by atoms with E-state index < -0.39 is 72.8 Å². The zero-order chi connectivity index (χ0) is 44.4. The molecule has 5 unspecified atom stereocenters. The van der Waals surface area contributed by atoms with Crippen LogP contribution in [-0.4, -0.2) is 67.2 Å². The summed E-state index contributed by atoms with van der Waals surface area (Å²) < 4.78 is 48.4. The second-order valence-corrected chi connectivity index (χ2v) is 14.2. The van der Waals surface area contributed by atoms with Gasteiger partial charge in [0.2, 0.25) is 12.4 Å². The SMILES string of the molecule is O=C(OCC1OC(Oc2cc3ccc(=O)oc3cc2OC(=O)c2ccccc2)C(OC(=O)c2ccccc2)C(OC(=O)c2ccccc2)C1OC(=O)c1ccccc1)c1ccccc1. The monoisotopic (exact) mass is 860 g/mol. The molecule has 5 atom stereocenters. The smallest absolute Gasteiger partial charge is 0.343 e. The standard InChI is InChI=1S/C50H36O14/c51-41-27-26-36-28-38(39(29-37(36)58-41)59-46(53)32-18-8-2-9-19-32)60-50-44(64-49(56)35-24-14-5-15-25-35)43(63-48(55)34-22-12-4-13-23-34)42(62-47(54)33-20-10-3-11-21-33)40(61-50)30-57-45(52)31-16-6-1-7-17-31/h1-29,40,42-44,50H,30H2. The number of carbonyl (C=O) groups is 5. The first kappa shape index (κ1) is 42.3. The minimum atomic E-state index is -1.80. The zero-order valence-electron chi connectivity index (χ0n) is 33.6. The summed E-state index contributed by atoms with van der Waals surface area (Å²) in [7, 11) is 0. The Kier molecular flexibility index (Phi) is 12.9. The maximum atomic E-state index is 14.1. The fraction of sp³-hybridized carbons (Fsp3) is 0.120. The van der Waals surface area contributed by atoms with Crippen LogP contribution in [0.5, 0.6) is 11.5 Å². The summed E-state index contributed by atoms with van der Waals surface area (Å²) in [5.74, 6) is -4.73. The predicted molar refractivity (Wildman–Crippen MR) is 227 cm³/mol. The van der Waals surface area contributed by atoms with Crippen LogP contribution in [0.2, 0.25) is 0 Å². The molecule has 14 heteroatoms. The van der Waals surface area contributed by atoms with Crippen molar-refractivity contribution in [2.75, 3.05) is 6.61 Å². The third kappa shape index (κ3) is 10.0. The first-order chi connectivity index (χ1) is 31.2. The van der Waals surface area contributed by atoms with Gasteiger partial charge in [-0.15, -0.1) is 0 Å². The molecule has 1 aliphatic rings. The maximum absolute atomic E-state index is 14.1. The summed E-state index contributed by atoms with van der Waals surface area (Å²) in [5.41, 5.74) is -0.00581.